The normalized spacial score (nSPS) is 14.2. The van der Waals surface area contributed by atoms with Crippen LogP contribution in [0.1, 0.15) is 35.1 Å². The van der Waals surface area contributed by atoms with Crippen molar-refractivity contribution in [1.29, 1.82) is 0 Å². The van der Waals surface area contributed by atoms with Crippen LogP contribution in [0.5, 0.6) is 0 Å². The topological polar surface area (TPSA) is 75.6 Å². The van der Waals surface area contributed by atoms with Crippen molar-refractivity contribution >= 4 is 12.1 Å². The first-order valence-electron chi connectivity index (χ1n) is 7.88. The summed E-state index contributed by atoms with van der Waals surface area (Å²) in [6.45, 7) is 1.57. The summed E-state index contributed by atoms with van der Waals surface area (Å²) < 4.78 is 5.30. The van der Waals surface area contributed by atoms with E-state index in [1.54, 1.807) is 0 Å². The highest BCUT2D eigenvalue weighted by Crippen LogP contribution is 2.36. The van der Waals surface area contributed by atoms with Crippen molar-refractivity contribution in [1.82, 2.24) is 5.32 Å². The van der Waals surface area contributed by atoms with E-state index in [1.165, 1.54) is 18.1 Å². The molecular weight excluding hydrogens is 306 g/mol. The summed E-state index contributed by atoms with van der Waals surface area (Å²) in [4.78, 5) is 22.6. The summed E-state index contributed by atoms with van der Waals surface area (Å²) in [5.41, 5.74) is 4.75. The molecular formula is C19H19NO4. The number of ether oxygens (including phenoxy) is 1. The van der Waals surface area contributed by atoms with Crippen LogP contribution in [0, 0.1) is 0 Å². The van der Waals surface area contributed by atoms with Gasteiger partial charge in [-0.1, -0.05) is 48.5 Å². The Bertz CT molecular complexity index is 726. The van der Waals surface area contributed by atoms with Crippen LogP contribution in [0.25, 0.3) is 0 Å². The molecule has 0 fully saturated rings. The van der Waals surface area contributed by atoms with Crippen molar-refractivity contribution in [2.24, 2.45) is 0 Å². The van der Waals surface area contributed by atoms with Crippen LogP contribution < -0.4 is 5.32 Å². The van der Waals surface area contributed by atoms with Gasteiger partial charge in [0.15, 0.2) is 0 Å². The van der Waals surface area contributed by atoms with Gasteiger partial charge < -0.3 is 15.2 Å². The van der Waals surface area contributed by atoms with Gasteiger partial charge in [0.25, 0.3) is 0 Å². The number of fused-ring (bicyclic) bond motifs is 2. The van der Waals surface area contributed by atoms with Crippen LogP contribution in [0.4, 0.5) is 4.79 Å². The highest BCUT2D eigenvalue weighted by atomic mass is 16.5. The van der Waals surface area contributed by atoms with E-state index in [0.29, 0.717) is 0 Å². The van der Waals surface area contributed by atoms with E-state index >= 15 is 0 Å². The first kappa shape index (κ1) is 16.1. The van der Waals surface area contributed by atoms with Gasteiger partial charge in [0, 0.05) is 5.92 Å². The van der Waals surface area contributed by atoms with Crippen molar-refractivity contribution in [3.8, 4) is 0 Å². The van der Waals surface area contributed by atoms with Crippen LogP contribution in [0.2, 0.25) is 0 Å². The molecule has 1 unspecified atom stereocenters. The van der Waals surface area contributed by atoms with Gasteiger partial charge in [-0.25, -0.2) is 4.79 Å². The predicted octanol–water partition coefficient (Wildman–Crippen LogP) is 2.92. The zero-order valence-corrected chi connectivity index (χ0v) is 13.4. The summed E-state index contributed by atoms with van der Waals surface area (Å²) in [6.07, 6.45) is 0.149. The molecule has 24 heavy (non-hydrogen) atoms. The van der Waals surface area contributed by atoms with Gasteiger partial charge in [0.05, 0.1) is 0 Å². The van der Waals surface area contributed by atoms with E-state index in [4.69, 9.17) is 9.84 Å². The number of nitrogens with one attached hydrogen (secondary N) is 1. The Balaban J connectivity index is 1.78. The zero-order valence-electron chi connectivity index (χ0n) is 13.4. The molecule has 0 bridgehead atoms. The number of rotatable bonds is 4. The van der Waals surface area contributed by atoms with Gasteiger partial charge in [0.2, 0.25) is 0 Å². The van der Waals surface area contributed by atoms with Gasteiger partial charge in [-0.05, 0) is 35.6 Å². The first-order chi connectivity index (χ1) is 11.6. The molecule has 2 aromatic rings. The average molecular weight is 325 g/mol. The van der Waals surface area contributed by atoms with Gasteiger partial charge in [-0.2, -0.15) is 0 Å². The number of carboxylic acid groups (broad SMARTS) is 1. The number of hydrogen-bond acceptors (Lipinski definition) is 3. The van der Waals surface area contributed by atoms with Gasteiger partial charge >= 0.3 is 12.1 Å². The van der Waals surface area contributed by atoms with Crippen LogP contribution in [-0.2, 0) is 16.0 Å². The molecule has 124 valence electrons. The molecule has 0 aliphatic heterocycles. The van der Waals surface area contributed by atoms with Crippen LogP contribution in [-0.4, -0.2) is 29.8 Å². The molecule has 0 heterocycles. The SMILES string of the molecule is CC(NC(=O)OCC1c2ccccc2Cc2ccccc21)C(=O)O. The molecule has 0 saturated heterocycles. The minimum atomic E-state index is -1.10. The van der Waals surface area contributed by atoms with Gasteiger partial charge in [-0.15, -0.1) is 0 Å². The third-order valence-electron chi connectivity index (χ3n) is 4.33. The summed E-state index contributed by atoms with van der Waals surface area (Å²) >= 11 is 0. The Kier molecular flexibility index (Phi) is 4.51. The van der Waals surface area contributed by atoms with Gasteiger partial charge in [0.1, 0.15) is 12.6 Å². The predicted molar refractivity (Wildman–Crippen MR) is 89.1 cm³/mol. The van der Waals surface area contributed by atoms with E-state index in [1.807, 2.05) is 24.3 Å². The molecule has 0 aromatic heterocycles. The summed E-state index contributed by atoms with van der Waals surface area (Å²) in [6, 6.07) is 15.3. The molecule has 1 aliphatic carbocycles. The summed E-state index contributed by atoms with van der Waals surface area (Å²) in [7, 11) is 0. The summed E-state index contributed by atoms with van der Waals surface area (Å²) in [5, 5.41) is 11.1. The highest BCUT2D eigenvalue weighted by molar-refractivity contribution is 5.79. The quantitative estimate of drug-likeness (QED) is 0.906. The van der Waals surface area contributed by atoms with Crippen LogP contribution >= 0.6 is 0 Å². The molecule has 0 spiro atoms. The van der Waals surface area contributed by atoms with E-state index in [2.05, 4.69) is 29.6 Å². The van der Waals surface area contributed by atoms with Crippen LogP contribution in [0.15, 0.2) is 48.5 Å². The number of alkyl carbamates (subject to hydrolysis) is 1. The molecule has 2 aromatic carbocycles. The first-order valence-corrected chi connectivity index (χ1v) is 7.88. The summed E-state index contributed by atoms with van der Waals surface area (Å²) in [5.74, 6) is -1.14. The fourth-order valence-corrected chi connectivity index (χ4v) is 3.06. The second-order valence-electron chi connectivity index (χ2n) is 5.93. The molecule has 1 amide bonds. The highest BCUT2D eigenvalue weighted by Gasteiger charge is 2.26. The van der Waals surface area contributed by atoms with Gasteiger partial charge in [-0.3, -0.25) is 4.79 Å². The maximum atomic E-state index is 11.8. The van der Waals surface area contributed by atoms with E-state index in [-0.39, 0.29) is 12.5 Å². The maximum absolute atomic E-state index is 11.8. The lowest BCUT2D eigenvalue weighted by Crippen LogP contribution is -2.39. The minimum Gasteiger partial charge on any atom is -0.480 e. The molecule has 3 rings (SSSR count). The molecule has 5 nitrogen and oxygen atoms in total. The van der Waals surface area contributed by atoms with Crippen molar-refractivity contribution in [2.75, 3.05) is 6.61 Å². The second kappa shape index (κ2) is 6.74. The number of hydrogen-bond donors (Lipinski definition) is 2. The lowest BCUT2D eigenvalue weighted by atomic mass is 9.78. The number of carbonyl (C=O) groups excluding carboxylic acids is 1. The van der Waals surface area contributed by atoms with Crippen molar-refractivity contribution < 1.29 is 19.4 Å². The molecule has 1 atom stereocenters. The minimum absolute atomic E-state index is 0.0444. The van der Waals surface area contributed by atoms with Crippen molar-refractivity contribution in [3.05, 3.63) is 70.8 Å². The second-order valence-corrected chi connectivity index (χ2v) is 5.93. The van der Waals surface area contributed by atoms with Crippen LogP contribution in [0.3, 0.4) is 0 Å². The fraction of sp³-hybridized carbons (Fsp3) is 0.263. The third kappa shape index (κ3) is 3.25. The number of carbonyl (C=O) groups is 2. The monoisotopic (exact) mass is 325 g/mol. The zero-order chi connectivity index (χ0) is 17.1. The molecule has 1 aliphatic rings. The Morgan fingerprint density at radius 1 is 1.12 bits per heavy atom. The largest absolute Gasteiger partial charge is 0.480 e. The Morgan fingerprint density at radius 2 is 1.67 bits per heavy atom. The molecule has 2 N–H and O–H groups in total. The van der Waals surface area contributed by atoms with Crippen molar-refractivity contribution in [2.45, 2.75) is 25.3 Å². The smallest absolute Gasteiger partial charge is 0.407 e. The van der Waals surface area contributed by atoms with E-state index in [9.17, 15) is 9.59 Å². The Labute approximate surface area is 140 Å². The maximum Gasteiger partial charge on any atom is 0.407 e. The Hall–Kier alpha value is -2.82. The number of amides is 1. The molecule has 0 radical (unpaired) electrons. The number of benzene rings is 2. The third-order valence-corrected chi connectivity index (χ3v) is 4.33. The Morgan fingerprint density at radius 3 is 2.21 bits per heavy atom. The van der Waals surface area contributed by atoms with E-state index in [0.717, 1.165) is 17.5 Å². The standard InChI is InChI=1S/C19H19NO4/c1-12(18(21)22)20-19(23)24-11-17-15-8-4-2-6-13(15)10-14-7-3-5-9-16(14)17/h2-9,12,17H,10-11H2,1H3,(H,20,23)(H,21,22). The van der Waals surface area contributed by atoms with Crippen molar-refractivity contribution in [3.63, 3.8) is 0 Å². The molecule has 0 saturated carbocycles. The number of aliphatic carboxylic acids is 1. The molecule has 5 heteroatoms. The van der Waals surface area contributed by atoms with E-state index < -0.39 is 18.1 Å². The fourth-order valence-electron chi connectivity index (χ4n) is 3.06. The lowest BCUT2D eigenvalue weighted by molar-refractivity contribution is -0.138. The number of carboxylic acids is 1. The average Bonchev–Trinajstić information content (AvgIpc) is 2.58. The lowest BCUT2D eigenvalue weighted by Gasteiger charge is -2.28.